The van der Waals surface area contributed by atoms with E-state index in [-0.39, 0.29) is 24.8 Å². The molecule has 0 aliphatic rings. The first-order valence-electron chi connectivity index (χ1n) is 8.98. The SMILES string of the molecule is CCN(CC)CCNc1ncc(C)c2c1c1cc(OC)ccc1n2C.Cl.Cl. The van der Waals surface area contributed by atoms with Crippen molar-refractivity contribution in [1.82, 2.24) is 14.5 Å². The van der Waals surface area contributed by atoms with Crippen LogP contribution in [-0.4, -0.2) is 47.7 Å². The fourth-order valence-corrected chi connectivity index (χ4v) is 3.55. The minimum atomic E-state index is 0. The number of halogens is 2. The number of hydrogen-bond acceptors (Lipinski definition) is 4. The normalized spacial score (nSPS) is 10.7. The molecule has 5 nitrogen and oxygen atoms in total. The van der Waals surface area contributed by atoms with Gasteiger partial charge in [0, 0.05) is 37.2 Å². The Morgan fingerprint density at radius 3 is 2.52 bits per heavy atom. The van der Waals surface area contributed by atoms with Crippen LogP contribution >= 0.6 is 24.8 Å². The van der Waals surface area contributed by atoms with Crippen LogP contribution in [-0.2, 0) is 7.05 Å². The van der Waals surface area contributed by atoms with E-state index in [1.54, 1.807) is 7.11 Å². The number of anilines is 1. The Bertz CT molecular complexity index is 891. The monoisotopic (exact) mass is 412 g/mol. The molecule has 0 amide bonds. The largest absolute Gasteiger partial charge is 0.497 e. The number of ether oxygens (including phenoxy) is 1. The van der Waals surface area contributed by atoms with Crippen LogP contribution in [0.1, 0.15) is 19.4 Å². The van der Waals surface area contributed by atoms with Crippen molar-refractivity contribution in [2.24, 2.45) is 7.05 Å². The van der Waals surface area contributed by atoms with Gasteiger partial charge in [-0.25, -0.2) is 4.98 Å². The van der Waals surface area contributed by atoms with E-state index in [1.165, 1.54) is 27.4 Å². The predicted molar refractivity (Wildman–Crippen MR) is 120 cm³/mol. The highest BCUT2D eigenvalue weighted by atomic mass is 35.5. The molecule has 3 rings (SSSR count). The van der Waals surface area contributed by atoms with Gasteiger partial charge in [-0.05, 0) is 43.8 Å². The van der Waals surface area contributed by atoms with Crippen molar-refractivity contribution in [1.29, 1.82) is 0 Å². The number of benzene rings is 1. The summed E-state index contributed by atoms with van der Waals surface area (Å²) in [5, 5.41) is 5.91. The van der Waals surface area contributed by atoms with Crippen LogP contribution in [0.5, 0.6) is 5.75 Å². The van der Waals surface area contributed by atoms with Gasteiger partial charge in [0.05, 0.1) is 18.0 Å². The van der Waals surface area contributed by atoms with E-state index in [4.69, 9.17) is 9.72 Å². The van der Waals surface area contributed by atoms with E-state index in [0.29, 0.717) is 0 Å². The third kappa shape index (κ3) is 4.42. The van der Waals surface area contributed by atoms with E-state index >= 15 is 0 Å². The van der Waals surface area contributed by atoms with Gasteiger partial charge in [0.15, 0.2) is 0 Å². The minimum Gasteiger partial charge on any atom is -0.497 e. The molecule has 1 aromatic carbocycles. The van der Waals surface area contributed by atoms with Crippen LogP contribution in [0.15, 0.2) is 24.4 Å². The Morgan fingerprint density at radius 1 is 1.19 bits per heavy atom. The first-order valence-corrected chi connectivity index (χ1v) is 8.98. The lowest BCUT2D eigenvalue weighted by molar-refractivity contribution is 0.316. The lowest BCUT2D eigenvalue weighted by Crippen LogP contribution is -2.28. The standard InChI is InChI=1S/C20H28N4O.2ClH/c1-6-24(7-2)11-10-21-20-18-16-12-15(25-5)8-9-17(16)23(4)19(18)14(3)13-22-20;;/h8-9,12-13H,6-7,10-11H2,1-5H3,(H,21,22);2*1H. The van der Waals surface area contributed by atoms with Gasteiger partial charge in [-0.1, -0.05) is 13.8 Å². The number of rotatable bonds is 7. The van der Waals surface area contributed by atoms with Gasteiger partial charge in [0.25, 0.3) is 0 Å². The zero-order valence-corrected chi connectivity index (χ0v) is 18.3. The van der Waals surface area contributed by atoms with Crippen LogP contribution in [0.4, 0.5) is 5.82 Å². The average molecular weight is 413 g/mol. The highest BCUT2D eigenvalue weighted by Gasteiger charge is 2.16. The van der Waals surface area contributed by atoms with Gasteiger partial charge in [-0.15, -0.1) is 24.8 Å². The first-order chi connectivity index (χ1) is 12.1. The number of nitrogens with one attached hydrogen (secondary N) is 1. The lowest BCUT2D eigenvalue weighted by Gasteiger charge is -2.18. The molecule has 0 saturated carbocycles. The number of aromatic nitrogens is 2. The minimum absolute atomic E-state index is 0. The van der Waals surface area contributed by atoms with Gasteiger partial charge in [-0.3, -0.25) is 0 Å². The number of nitrogens with zero attached hydrogens (tertiary/aromatic N) is 3. The van der Waals surface area contributed by atoms with Gasteiger partial charge in [0.1, 0.15) is 11.6 Å². The fraction of sp³-hybridized carbons (Fsp3) is 0.450. The van der Waals surface area contributed by atoms with E-state index in [0.717, 1.165) is 37.7 Å². The molecular formula is C20H30Cl2N4O. The van der Waals surface area contributed by atoms with Crippen LogP contribution in [0.2, 0.25) is 0 Å². The van der Waals surface area contributed by atoms with E-state index in [9.17, 15) is 0 Å². The summed E-state index contributed by atoms with van der Waals surface area (Å²) in [6, 6.07) is 6.24. The molecule has 0 saturated heterocycles. The van der Waals surface area contributed by atoms with Crippen molar-refractivity contribution >= 4 is 52.4 Å². The predicted octanol–water partition coefficient (Wildman–Crippen LogP) is 4.64. The molecule has 1 N–H and O–H groups in total. The second-order valence-electron chi connectivity index (χ2n) is 6.41. The molecule has 3 aromatic rings. The second-order valence-corrected chi connectivity index (χ2v) is 6.41. The zero-order chi connectivity index (χ0) is 18.0. The molecule has 2 aromatic heterocycles. The van der Waals surface area contributed by atoms with Gasteiger partial charge in [0.2, 0.25) is 0 Å². The van der Waals surface area contributed by atoms with Crippen LogP contribution < -0.4 is 10.1 Å². The zero-order valence-electron chi connectivity index (χ0n) is 16.7. The molecule has 0 bridgehead atoms. The van der Waals surface area contributed by atoms with Crippen molar-refractivity contribution in [3.8, 4) is 5.75 Å². The Labute approximate surface area is 173 Å². The third-order valence-electron chi connectivity index (χ3n) is 5.02. The maximum Gasteiger partial charge on any atom is 0.136 e. The maximum absolute atomic E-state index is 5.44. The Hall–Kier alpha value is -1.69. The molecule has 150 valence electrons. The molecule has 0 spiro atoms. The number of pyridine rings is 1. The highest BCUT2D eigenvalue weighted by Crippen LogP contribution is 2.36. The quantitative estimate of drug-likeness (QED) is 0.613. The topological polar surface area (TPSA) is 42.3 Å². The van der Waals surface area contributed by atoms with Crippen molar-refractivity contribution in [2.75, 3.05) is 38.6 Å². The smallest absolute Gasteiger partial charge is 0.136 e. The van der Waals surface area contributed by atoms with Crippen LogP contribution in [0, 0.1) is 6.92 Å². The molecule has 7 heteroatoms. The molecule has 0 atom stereocenters. The number of methoxy groups -OCH3 is 1. The summed E-state index contributed by atoms with van der Waals surface area (Å²) in [6.07, 6.45) is 1.96. The Kier molecular flexibility index (Phi) is 8.66. The summed E-state index contributed by atoms with van der Waals surface area (Å²) in [4.78, 5) is 7.10. The van der Waals surface area contributed by atoms with Crippen molar-refractivity contribution in [3.63, 3.8) is 0 Å². The Morgan fingerprint density at radius 2 is 1.89 bits per heavy atom. The number of fused-ring (bicyclic) bond motifs is 3. The van der Waals surface area contributed by atoms with E-state index in [1.807, 2.05) is 12.3 Å². The summed E-state index contributed by atoms with van der Waals surface area (Å²) in [7, 11) is 3.82. The summed E-state index contributed by atoms with van der Waals surface area (Å²) < 4.78 is 7.68. The lowest BCUT2D eigenvalue weighted by atomic mass is 10.1. The molecular weight excluding hydrogens is 383 g/mol. The van der Waals surface area contributed by atoms with Gasteiger partial charge in [-0.2, -0.15) is 0 Å². The fourth-order valence-electron chi connectivity index (χ4n) is 3.55. The Balaban J connectivity index is 0.00000182. The number of aryl methyl sites for hydroxylation is 2. The van der Waals surface area contributed by atoms with Crippen molar-refractivity contribution in [3.05, 3.63) is 30.0 Å². The molecule has 0 radical (unpaired) electrons. The highest BCUT2D eigenvalue weighted by molar-refractivity contribution is 6.14. The van der Waals surface area contributed by atoms with E-state index < -0.39 is 0 Å². The molecule has 0 fully saturated rings. The van der Waals surface area contributed by atoms with Gasteiger partial charge < -0.3 is 19.5 Å². The van der Waals surface area contributed by atoms with E-state index in [2.05, 4.69) is 54.7 Å². The summed E-state index contributed by atoms with van der Waals surface area (Å²) in [5.74, 6) is 1.82. The molecule has 0 unspecified atom stereocenters. The maximum atomic E-state index is 5.44. The third-order valence-corrected chi connectivity index (χ3v) is 5.02. The molecule has 0 aliphatic heterocycles. The molecule has 27 heavy (non-hydrogen) atoms. The molecule has 0 aliphatic carbocycles. The van der Waals surface area contributed by atoms with Crippen molar-refractivity contribution < 1.29 is 4.74 Å². The first kappa shape index (κ1) is 23.3. The summed E-state index contributed by atoms with van der Waals surface area (Å²) in [5.41, 5.74) is 3.60. The van der Waals surface area contributed by atoms with Crippen molar-refractivity contribution in [2.45, 2.75) is 20.8 Å². The summed E-state index contributed by atoms with van der Waals surface area (Å²) in [6.45, 7) is 10.5. The van der Waals surface area contributed by atoms with Crippen LogP contribution in [0.3, 0.4) is 0 Å². The average Bonchev–Trinajstić information content (AvgIpc) is 2.94. The second kappa shape index (κ2) is 10.0. The van der Waals surface area contributed by atoms with Gasteiger partial charge >= 0.3 is 0 Å². The number of hydrogen-bond donors (Lipinski definition) is 1. The number of likely N-dealkylation sites (N-methyl/N-ethyl adjacent to an activating group) is 1. The molecule has 2 heterocycles. The van der Waals surface area contributed by atoms with Crippen LogP contribution in [0.25, 0.3) is 21.8 Å². The summed E-state index contributed by atoms with van der Waals surface area (Å²) >= 11 is 0.